The van der Waals surface area contributed by atoms with Crippen LogP contribution in [0, 0.1) is 5.82 Å². The van der Waals surface area contributed by atoms with Crippen LogP contribution in [0.2, 0.25) is 0 Å². The van der Waals surface area contributed by atoms with Gasteiger partial charge in [0.2, 0.25) is 0 Å². The minimum atomic E-state index is -0.403. The normalized spacial score (nSPS) is 13.1. The first-order valence-corrected chi connectivity index (χ1v) is 9.00. The molecule has 2 aromatic rings. The van der Waals surface area contributed by atoms with Crippen molar-refractivity contribution in [1.82, 2.24) is 20.2 Å². The molecule has 0 unspecified atom stereocenters. The van der Waals surface area contributed by atoms with Crippen LogP contribution in [-0.2, 0) is 24.2 Å². The minimum Gasteiger partial charge on any atom is -0.383 e. The van der Waals surface area contributed by atoms with Crippen LogP contribution < -0.4 is 10.6 Å². The van der Waals surface area contributed by atoms with Gasteiger partial charge in [-0.15, -0.1) is 0 Å². The summed E-state index contributed by atoms with van der Waals surface area (Å²) in [6.45, 7) is 1.48. The summed E-state index contributed by atoms with van der Waals surface area (Å²) < 4.78 is 20.5. The van der Waals surface area contributed by atoms with Crippen LogP contribution in [0.3, 0.4) is 0 Å². The van der Waals surface area contributed by atoms with Crippen LogP contribution >= 0.6 is 0 Å². The number of fused-ring (bicyclic) bond motifs is 1. The second-order valence-electron chi connectivity index (χ2n) is 6.36. The third-order valence-corrected chi connectivity index (χ3v) is 4.52. The molecule has 2 heterocycles. The van der Waals surface area contributed by atoms with Crippen molar-refractivity contribution < 1.29 is 18.7 Å². The van der Waals surface area contributed by atoms with E-state index in [-0.39, 0.29) is 29.8 Å². The molecule has 144 valence electrons. The fourth-order valence-corrected chi connectivity index (χ4v) is 3.14. The molecule has 1 aromatic heterocycles. The SMILES string of the molecule is COCCNC(=O)c1nc(C(=O)NCc2ccccc2F)c2n1CCCC2. The van der Waals surface area contributed by atoms with Gasteiger partial charge in [0, 0.05) is 32.3 Å². The molecule has 1 aliphatic rings. The van der Waals surface area contributed by atoms with Crippen molar-refractivity contribution in [2.45, 2.75) is 32.4 Å². The van der Waals surface area contributed by atoms with E-state index in [0.29, 0.717) is 31.7 Å². The van der Waals surface area contributed by atoms with Crippen LogP contribution in [-0.4, -0.2) is 41.6 Å². The monoisotopic (exact) mass is 374 g/mol. The van der Waals surface area contributed by atoms with E-state index in [1.165, 1.54) is 6.07 Å². The van der Waals surface area contributed by atoms with Crippen molar-refractivity contribution in [1.29, 1.82) is 0 Å². The molecule has 0 saturated carbocycles. The number of aromatic nitrogens is 2. The van der Waals surface area contributed by atoms with Crippen molar-refractivity contribution in [2.75, 3.05) is 20.3 Å². The molecule has 2 N–H and O–H groups in total. The van der Waals surface area contributed by atoms with Gasteiger partial charge in [-0.05, 0) is 25.3 Å². The van der Waals surface area contributed by atoms with E-state index in [1.807, 2.05) is 4.57 Å². The van der Waals surface area contributed by atoms with Crippen molar-refractivity contribution in [3.8, 4) is 0 Å². The van der Waals surface area contributed by atoms with Crippen LogP contribution in [0.4, 0.5) is 4.39 Å². The van der Waals surface area contributed by atoms with E-state index < -0.39 is 5.91 Å². The molecule has 0 atom stereocenters. The Kier molecular flexibility index (Phi) is 6.18. The highest BCUT2D eigenvalue weighted by molar-refractivity contribution is 5.97. The molecule has 0 spiro atoms. The second-order valence-corrected chi connectivity index (χ2v) is 6.36. The van der Waals surface area contributed by atoms with Crippen LogP contribution in [0.5, 0.6) is 0 Å². The third kappa shape index (κ3) is 4.33. The van der Waals surface area contributed by atoms with Gasteiger partial charge in [0.05, 0.1) is 12.3 Å². The van der Waals surface area contributed by atoms with Gasteiger partial charge < -0.3 is 19.9 Å². The summed E-state index contributed by atoms with van der Waals surface area (Å²) in [4.78, 5) is 29.4. The maximum atomic E-state index is 13.7. The molecule has 0 fully saturated rings. The number of carbonyl (C=O) groups is 2. The average Bonchev–Trinajstić information content (AvgIpc) is 3.07. The minimum absolute atomic E-state index is 0.0627. The predicted molar refractivity (Wildman–Crippen MR) is 96.9 cm³/mol. The Bertz CT molecular complexity index is 834. The number of rotatable bonds is 7. The lowest BCUT2D eigenvalue weighted by Gasteiger charge is -2.17. The number of methoxy groups -OCH3 is 1. The molecule has 8 heteroatoms. The zero-order valence-corrected chi connectivity index (χ0v) is 15.3. The van der Waals surface area contributed by atoms with Gasteiger partial charge in [0.15, 0.2) is 5.82 Å². The van der Waals surface area contributed by atoms with Crippen LogP contribution in [0.25, 0.3) is 0 Å². The molecule has 3 rings (SSSR count). The first-order valence-electron chi connectivity index (χ1n) is 9.00. The van der Waals surface area contributed by atoms with E-state index in [1.54, 1.807) is 25.3 Å². The highest BCUT2D eigenvalue weighted by Crippen LogP contribution is 2.21. The lowest BCUT2D eigenvalue weighted by atomic mass is 10.1. The lowest BCUT2D eigenvalue weighted by molar-refractivity contribution is 0.0921. The third-order valence-electron chi connectivity index (χ3n) is 4.52. The molecule has 1 aromatic carbocycles. The summed E-state index contributed by atoms with van der Waals surface area (Å²) in [6, 6.07) is 6.28. The number of carbonyl (C=O) groups excluding carboxylic acids is 2. The van der Waals surface area contributed by atoms with Gasteiger partial charge in [-0.1, -0.05) is 18.2 Å². The molecule has 0 bridgehead atoms. The summed E-state index contributed by atoms with van der Waals surface area (Å²) in [7, 11) is 1.56. The van der Waals surface area contributed by atoms with Crippen LogP contribution in [0.1, 0.15) is 45.2 Å². The largest absolute Gasteiger partial charge is 0.383 e. The first kappa shape index (κ1) is 19.0. The summed E-state index contributed by atoms with van der Waals surface area (Å²) in [6.07, 6.45) is 2.54. The molecule has 0 saturated heterocycles. The van der Waals surface area contributed by atoms with Crippen LogP contribution in [0.15, 0.2) is 24.3 Å². The number of nitrogens with zero attached hydrogens (tertiary/aromatic N) is 2. The second kappa shape index (κ2) is 8.77. The molecular weight excluding hydrogens is 351 g/mol. The Morgan fingerprint density at radius 1 is 1.22 bits per heavy atom. The molecule has 27 heavy (non-hydrogen) atoms. The van der Waals surface area contributed by atoms with Crippen molar-refractivity contribution in [2.24, 2.45) is 0 Å². The summed E-state index contributed by atoms with van der Waals surface area (Å²) >= 11 is 0. The van der Waals surface area contributed by atoms with E-state index in [9.17, 15) is 14.0 Å². The average molecular weight is 374 g/mol. The Labute approximate surface area is 156 Å². The van der Waals surface area contributed by atoms with Crippen molar-refractivity contribution >= 4 is 11.8 Å². The fraction of sp³-hybridized carbons (Fsp3) is 0.421. The van der Waals surface area contributed by atoms with Gasteiger partial charge in [-0.25, -0.2) is 9.37 Å². The first-order chi connectivity index (χ1) is 13.1. The summed E-state index contributed by atoms with van der Waals surface area (Å²) in [5.74, 6) is -0.872. The number of hydrogen-bond donors (Lipinski definition) is 2. The Balaban J connectivity index is 1.77. The van der Waals surface area contributed by atoms with Crippen molar-refractivity contribution in [3.05, 3.63) is 52.9 Å². The van der Waals surface area contributed by atoms with Crippen molar-refractivity contribution in [3.63, 3.8) is 0 Å². The lowest BCUT2D eigenvalue weighted by Crippen LogP contribution is -2.30. The van der Waals surface area contributed by atoms with E-state index in [0.717, 1.165) is 18.5 Å². The van der Waals surface area contributed by atoms with Gasteiger partial charge in [0.1, 0.15) is 11.5 Å². The molecular formula is C19H23FN4O3. The smallest absolute Gasteiger partial charge is 0.287 e. The number of nitrogens with one attached hydrogen (secondary N) is 2. The zero-order chi connectivity index (χ0) is 19.2. The number of benzene rings is 1. The summed E-state index contributed by atoms with van der Waals surface area (Å²) in [5.41, 5.74) is 1.39. The van der Waals surface area contributed by atoms with Gasteiger partial charge in [0.25, 0.3) is 11.8 Å². The maximum absolute atomic E-state index is 13.7. The molecule has 0 aliphatic carbocycles. The number of hydrogen-bond acceptors (Lipinski definition) is 4. The van der Waals surface area contributed by atoms with E-state index >= 15 is 0 Å². The summed E-state index contributed by atoms with van der Waals surface area (Å²) in [5, 5.41) is 5.44. The quantitative estimate of drug-likeness (QED) is 0.722. The highest BCUT2D eigenvalue weighted by atomic mass is 19.1. The number of ether oxygens (including phenoxy) is 1. The molecule has 0 radical (unpaired) electrons. The van der Waals surface area contributed by atoms with Gasteiger partial charge in [-0.3, -0.25) is 9.59 Å². The number of imidazole rings is 1. The van der Waals surface area contributed by atoms with E-state index in [2.05, 4.69) is 15.6 Å². The van der Waals surface area contributed by atoms with E-state index in [4.69, 9.17) is 4.74 Å². The number of halogens is 1. The fourth-order valence-electron chi connectivity index (χ4n) is 3.14. The molecule has 2 amide bonds. The molecule has 1 aliphatic heterocycles. The predicted octanol–water partition coefficient (Wildman–Crippen LogP) is 1.66. The van der Waals surface area contributed by atoms with Gasteiger partial charge in [-0.2, -0.15) is 0 Å². The molecule has 7 nitrogen and oxygen atoms in total. The number of amides is 2. The highest BCUT2D eigenvalue weighted by Gasteiger charge is 2.27. The Morgan fingerprint density at radius 2 is 2.04 bits per heavy atom. The van der Waals surface area contributed by atoms with Gasteiger partial charge >= 0.3 is 0 Å². The topological polar surface area (TPSA) is 85.2 Å². The zero-order valence-electron chi connectivity index (χ0n) is 15.3. The Morgan fingerprint density at radius 3 is 2.81 bits per heavy atom. The maximum Gasteiger partial charge on any atom is 0.287 e. The Hall–Kier alpha value is -2.74. The standard InChI is InChI=1S/C19H23FN4O3/c1-27-11-9-21-19(26)17-23-16(15-8-4-5-10-24(15)17)18(25)22-12-13-6-2-3-7-14(13)20/h2-3,6-7H,4-5,8-12H2,1H3,(H,21,26)(H,22,25).